The Morgan fingerprint density at radius 3 is 2.00 bits per heavy atom. The van der Waals surface area contributed by atoms with Crippen molar-refractivity contribution in [3.05, 3.63) is 17.7 Å². The Labute approximate surface area is 131 Å². The molecule has 2 rings (SSSR count). The second-order valence-electron chi connectivity index (χ2n) is 5.06. The summed E-state index contributed by atoms with van der Waals surface area (Å²) >= 11 is 0. The molecule has 1 heterocycles. The van der Waals surface area contributed by atoms with Crippen molar-refractivity contribution in [2.24, 2.45) is 0 Å². The van der Waals surface area contributed by atoms with Crippen molar-refractivity contribution in [2.75, 3.05) is 4.90 Å². The molecular formula is C15H15NO7. The molecule has 1 atom stereocenters. The second-order valence-corrected chi connectivity index (χ2v) is 5.06. The molecule has 1 N–H and O–H groups in total. The lowest BCUT2D eigenvalue weighted by Gasteiger charge is -2.21. The molecule has 0 aliphatic carbocycles. The van der Waals surface area contributed by atoms with Gasteiger partial charge in [0, 0.05) is 33.3 Å². The van der Waals surface area contributed by atoms with E-state index in [9.17, 15) is 24.3 Å². The minimum absolute atomic E-state index is 0.000917. The lowest BCUT2D eigenvalue weighted by atomic mass is 10.1. The first-order valence-electron chi connectivity index (χ1n) is 6.77. The highest BCUT2D eigenvalue weighted by Crippen LogP contribution is 2.41. The summed E-state index contributed by atoms with van der Waals surface area (Å²) in [6.07, 6.45) is 0.0683. The Bertz CT molecular complexity index is 710. The van der Waals surface area contributed by atoms with Crippen LogP contribution in [0.15, 0.2) is 12.1 Å². The van der Waals surface area contributed by atoms with Crippen LogP contribution in [0.1, 0.15) is 26.3 Å². The number of carbonyl (C=O) groups is 4. The van der Waals surface area contributed by atoms with Crippen LogP contribution in [0, 0.1) is 0 Å². The van der Waals surface area contributed by atoms with Crippen molar-refractivity contribution >= 4 is 29.5 Å². The number of nitrogens with zero attached hydrogens (tertiary/aromatic N) is 1. The summed E-state index contributed by atoms with van der Waals surface area (Å²) in [5.41, 5.74) is 0.830. The molecule has 0 aromatic heterocycles. The van der Waals surface area contributed by atoms with Gasteiger partial charge in [-0.1, -0.05) is 0 Å². The number of esters is 2. The molecular weight excluding hydrogens is 306 g/mol. The molecule has 0 saturated carbocycles. The number of fused-ring (bicyclic) bond motifs is 1. The number of hydrogen-bond donors (Lipinski definition) is 1. The van der Waals surface area contributed by atoms with Crippen LogP contribution < -0.4 is 14.4 Å². The first-order valence-corrected chi connectivity index (χ1v) is 6.77. The highest BCUT2D eigenvalue weighted by atomic mass is 16.6. The normalized spacial score (nSPS) is 15.8. The summed E-state index contributed by atoms with van der Waals surface area (Å²) in [7, 11) is 0. The van der Waals surface area contributed by atoms with E-state index in [1.54, 1.807) is 0 Å². The van der Waals surface area contributed by atoms with Crippen LogP contribution >= 0.6 is 0 Å². The number of hydrogen-bond acceptors (Lipinski definition) is 6. The number of rotatable bonds is 3. The molecule has 122 valence electrons. The van der Waals surface area contributed by atoms with E-state index in [2.05, 4.69) is 0 Å². The first kappa shape index (κ1) is 16.5. The third-order valence-electron chi connectivity index (χ3n) is 3.26. The fourth-order valence-corrected chi connectivity index (χ4v) is 2.50. The summed E-state index contributed by atoms with van der Waals surface area (Å²) in [4.78, 5) is 46.6. The number of aliphatic carboxylic acids is 1. The Morgan fingerprint density at radius 2 is 1.57 bits per heavy atom. The molecule has 1 aromatic carbocycles. The maximum absolute atomic E-state index is 11.8. The van der Waals surface area contributed by atoms with Crippen LogP contribution in [0.4, 0.5) is 5.69 Å². The van der Waals surface area contributed by atoms with E-state index in [1.807, 2.05) is 0 Å². The van der Waals surface area contributed by atoms with Gasteiger partial charge in [-0.2, -0.15) is 0 Å². The fraction of sp³-hybridized carbons (Fsp3) is 0.333. The molecule has 23 heavy (non-hydrogen) atoms. The van der Waals surface area contributed by atoms with Crippen molar-refractivity contribution in [3.63, 3.8) is 0 Å². The highest BCUT2D eigenvalue weighted by Gasteiger charge is 2.38. The average molecular weight is 321 g/mol. The van der Waals surface area contributed by atoms with E-state index in [-0.39, 0.29) is 17.9 Å². The van der Waals surface area contributed by atoms with Gasteiger partial charge < -0.3 is 14.6 Å². The zero-order valence-corrected chi connectivity index (χ0v) is 12.8. The number of carboxylic acid groups (broad SMARTS) is 1. The molecule has 1 aliphatic heterocycles. The van der Waals surface area contributed by atoms with E-state index in [4.69, 9.17) is 9.47 Å². The summed E-state index contributed by atoms with van der Waals surface area (Å²) in [6, 6.07) is 1.69. The first-order chi connectivity index (χ1) is 10.7. The van der Waals surface area contributed by atoms with Gasteiger partial charge in [-0.05, 0) is 11.6 Å². The topological polar surface area (TPSA) is 110 Å². The van der Waals surface area contributed by atoms with Gasteiger partial charge in [-0.15, -0.1) is 0 Å². The number of carboxylic acids is 1. The van der Waals surface area contributed by atoms with E-state index >= 15 is 0 Å². The van der Waals surface area contributed by atoms with E-state index in [1.165, 1.54) is 32.9 Å². The van der Waals surface area contributed by atoms with Gasteiger partial charge in [0.1, 0.15) is 6.04 Å². The number of benzene rings is 1. The maximum atomic E-state index is 11.8. The predicted octanol–water partition coefficient (Wildman–Crippen LogP) is 0.899. The molecule has 1 unspecified atom stereocenters. The molecule has 0 spiro atoms. The molecule has 1 amide bonds. The smallest absolute Gasteiger partial charge is 0.327 e. The zero-order valence-electron chi connectivity index (χ0n) is 12.8. The quantitative estimate of drug-likeness (QED) is 0.650. The molecule has 8 heteroatoms. The summed E-state index contributed by atoms with van der Waals surface area (Å²) in [5.74, 6) is -2.91. The van der Waals surface area contributed by atoms with Gasteiger partial charge in [-0.3, -0.25) is 19.3 Å². The maximum Gasteiger partial charge on any atom is 0.327 e. The van der Waals surface area contributed by atoms with Crippen molar-refractivity contribution in [1.29, 1.82) is 0 Å². The standard InChI is InChI=1S/C15H15NO7/c1-7(17)16-11-6-14(23-9(3)19)13(22-8(2)18)5-10(11)4-12(16)15(20)21/h5-6,12H,4H2,1-3H3,(H,20,21). The van der Waals surface area contributed by atoms with Crippen molar-refractivity contribution in [1.82, 2.24) is 0 Å². The number of carbonyl (C=O) groups excluding carboxylic acids is 3. The lowest BCUT2D eigenvalue weighted by Crippen LogP contribution is -2.41. The minimum atomic E-state index is -1.15. The number of anilines is 1. The Balaban J connectivity index is 2.56. The highest BCUT2D eigenvalue weighted by molar-refractivity contribution is 6.01. The molecule has 0 fully saturated rings. The van der Waals surface area contributed by atoms with Crippen molar-refractivity contribution < 1.29 is 33.8 Å². The van der Waals surface area contributed by atoms with Crippen LogP contribution in [0.3, 0.4) is 0 Å². The lowest BCUT2D eigenvalue weighted by molar-refractivity contribution is -0.139. The third kappa shape index (κ3) is 3.31. The van der Waals surface area contributed by atoms with Gasteiger partial charge >= 0.3 is 17.9 Å². The molecule has 8 nitrogen and oxygen atoms in total. The summed E-state index contributed by atoms with van der Waals surface area (Å²) in [5, 5.41) is 9.27. The predicted molar refractivity (Wildman–Crippen MR) is 77.3 cm³/mol. The summed E-state index contributed by atoms with van der Waals surface area (Å²) < 4.78 is 9.99. The monoisotopic (exact) mass is 321 g/mol. The molecule has 0 bridgehead atoms. The molecule has 0 radical (unpaired) electrons. The second kappa shape index (κ2) is 6.07. The Hall–Kier alpha value is -2.90. The third-order valence-corrected chi connectivity index (χ3v) is 3.26. The van der Waals surface area contributed by atoms with Crippen LogP contribution in [-0.2, 0) is 25.6 Å². The molecule has 1 aliphatic rings. The average Bonchev–Trinajstić information content (AvgIpc) is 2.76. The van der Waals surface area contributed by atoms with Gasteiger partial charge in [0.15, 0.2) is 11.5 Å². The Kier molecular flexibility index (Phi) is 4.35. The largest absolute Gasteiger partial charge is 0.480 e. The van der Waals surface area contributed by atoms with Gasteiger partial charge in [0.25, 0.3) is 0 Å². The van der Waals surface area contributed by atoms with Crippen molar-refractivity contribution in [3.8, 4) is 11.5 Å². The van der Waals surface area contributed by atoms with E-state index in [0.29, 0.717) is 11.3 Å². The fourth-order valence-electron chi connectivity index (χ4n) is 2.50. The van der Waals surface area contributed by atoms with Crippen LogP contribution in [-0.4, -0.2) is 35.0 Å². The van der Waals surface area contributed by atoms with E-state index in [0.717, 1.165) is 4.90 Å². The number of amides is 1. The van der Waals surface area contributed by atoms with Crippen molar-refractivity contribution in [2.45, 2.75) is 33.2 Å². The van der Waals surface area contributed by atoms with Crippen LogP contribution in [0.25, 0.3) is 0 Å². The van der Waals surface area contributed by atoms with Crippen LogP contribution in [0.5, 0.6) is 11.5 Å². The number of ether oxygens (including phenoxy) is 2. The van der Waals surface area contributed by atoms with Gasteiger partial charge in [0.2, 0.25) is 5.91 Å². The van der Waals surface area contributed by atoms with Gasteiger partial charge in [-0.25, -0.2) is 4.79 Å². The Morgan fingerprint density at radius 1 is 1.04 bits per heavy atom. The zero-order chi connectivity index (χ0) is 17.3. The molecule has 1 aromatic rings. The SMILES string of the molecule is CC(=O)Oc1cc2c(cc1OC(C)=O)N(C(C)=O)C(C(=O)O)C2. The minimum Gasteiger partial charge on any atom is -0.480 e. The van der Waals surface area contributed by atoms with Gasteiger partial charge in [0.05, 0.1) is 5.69 Å². The summed E-state index contributed by atoms with van der Waals surface area (Å²) in [6.45, 7) is 3.61. The van der Waals surface area contributed by atoms with E-state index < -0.39 is 29.9 Å². The van der Waals surface area contributed by atoms with Crippen LogP contribution in [0.2, 0.25) is 0 Å². The molecule has 0 saturated heterocycles.